The van der Waals surface area contributed by atoms with E-state index in [1.165, 1.54) is 0 Å². The van der Waals surface area contributed by atoms with E-state index in [0.29, 0.717) is 12.8 Å². The molecule has 1 atom stereocenters. The van der Waals surface area contributed by atoms with Gasteiger partial charge in [0.25, 0.3) is 0 Å². The normalized spacial score (nSPS) is 23.0. The van der Waals surface area contributed by atoms with Crippen LogP contribution in [0.3, 0.4) is 0 Å². The van der Waals surface area contributed by atoms with Crippen LogP contribution in [-0.2, 0) is 10.3 Å². The molecule has 0 amide bonds. The molecule has 0 heterocycles. The Morgan fingerprint density at radius 3 is 2.24 bits per heavy atom. The van der Waals surface area contributed by atoms with Crippen molar-refractivity contribution in [3.8, 4) is 6.07 Å². The Balaban J connectivity index is 2.43. The molecule has 1 unspecified atom stereocenters. The van der Waals surface area contributed by atoms with Gasteiger partial charge in [0, 0.05) is 7.11 Å². The fraction of sp³-hybridized carbons (Fsp3) is 0.611. The van der Waals surface area contributed by atoms with Crippen LogP contribution in [0.1, 0.15) is 45.1 Å². The van der Waals surface area contributed by atoms with Gasteiger partial charge in [-0.15, -0.1) is 0 Å². The van der Waals surface area contributed by atoms with Crippen molar-refractivity contribution in [1.29, 1.82) is 5.26 Å². The average Bonchev–Trinajstić information content (AvgIpc) is 2.49. The van der Waals surface area contributed by atoms with E-state index >= 15 is 0 Å². The van der Waals surface area contributed by atoms with Gasteiger partial charge in [0.2, 0.25) is 0 Å². The van der Waals surface area contributed by atoms with E-state index in [9.17, 15) is 10.4 Å². The predicted octanol–water partition coefficient (Wildman–Crippen LogP) is 3.63. The molecule has 0 aromatic heterocycles. The van der Waals surface area contributed by atoms with Crippen LogP contribution in [0.15, 0.2) is 30.3 Å². The van der Waals surface area contributed by atoms with Gasteiger partial charge in [0.1, 0.15) is 5.60 Å². The summed E-state index contributed by atoms with van der Waals surface area (Å²) < 4.78 is 5.29. The molecule has 3 nitrogen and oxygen atoms in total. The second kappa shape index (κ2) is 5.79. The van der Waals surface area contributed by atoms with E-state index in [-0.39, 0.29) is 12.0 Å². The Bertz CT molecular complexity index is 508. The molecule has 114 valence electrons. The van der Waals surface area contributed by atoms with Gasteiger partial charge in [-0.3, -0.25) is 0 Å². The molecular weight excluding hydrogens is 262 g/mol. The maximum atomic E-state index is 11.4. The van der Waals surface area contributed by atoms with E-state index in [0.717, 1.165) is 18.4 Å². The highest BCUT2D eigenvalue weighted by Gasteiger charge is 2.54. The molecule has 0 spiro atoms. The topological polar surface area (TPSA) is 53.2 Å². The summed E-state index contributed by atoms with van der Waals surface area (Å²) >= 11 is 0. The molecule has 1 N–H and O–H groups in total. The zero-order valence-corrected chi connectivity index (χ0v) is 13.2. The van der Waals surface area contributed by atoms with Gasteiger partial charge in [0.05, 0.1) is 18.1 Å². The Labute approximate surface area is 127 Å². The Kier molecular flexibility index (Phi) is 4.41. The summed E-state index contributed by atoms with van der Waals surface area (Å²) in [5, 5.41) is 21.3. The minimum Gasteiger partial charge on any atom is -0.381 e. The van der Waals surface area contributed by atoms with Crippen molar-refractivity contribution in [3.63, 3.8) is 0 Å². The van der Waals surface area contributed by atoms with Crippen molar-refractivity contribution < 1.29 is 9.84 Å². The minimum absolute atomic E-state index is 0.144. The zero-order chi connectivity index (χ0) is 15.6. The van der Waals surface area contributed by atoms with Gasteiger partial charge < -0.3 is 9.84 Å². The summed E-state index contributed by atoms with van der Waals surface area (Å²) in [4.78, 5) is 0. The van der Waals surface area contributed by atoms with Crippen molar-refractivity contribution in [2.75, 3.05) is 13.7 Å². The first kappa shape index (κ1) is 16.0. The zero-order valence-electron chi connectivity index (χ0n) is 13.2. The molecular formula is C18H25NO2. The summed E-state index contributed by atoms with van der Waals surface area (Å²) in [5.41, 5.74) is -1.02. The van der Waals surface area contributed by atoms with Gasteiger partial charge in [-0.05, 0) is 36.7 Å². The molecule has 0 radical (unpaired) electrons. The third-order valence-electron chi connectivity index (χ3n) is 5.07. The molecule has 1 aromatic rings. The number of nitrogens with zero attached hydrogens (tertiary/aromatic N) is 1. The largest absolute Gasteiger partial charge is 0.381 e. The summed E-state index contributed by atoms with van der Waals surface area (Å²) in [5.74, 6) is 0. The second-order valence-corrected chi connectivity index (χ2v) is 7.02. The molecule has 2 rings (SSSR count). The molecule has 1 aromatic carbocycles. The molecule has 0 saturated heterocycles. The molecule has 0 bridgehead atoms. The van der Waals surface area contributed by atoms with Gasteiger partial charge in [0.15, 0.2) is 0 Å². The first-order valence-corrected chi connectivity index (χ1v) is 7.57. The number of benzene rings is 1. The van der Waals surface area contributed by atoms with Crippen molar-refractivity contribution in [2.45, 2.75) is 45.1 Å². The van der Waals surface area contributed by atoms with Crippen LogP contribution in [-0.4, -0.2) is 18.8 Å². The number of methoxy groups -OCH3 is 1. The van der Waals surface area contributed by atoms with Crippen molar-refractivity contribution in [3.05, 3.63) is 35.9 Å². The highest BCUT2D eigenvalue weighted by atomic mass is 16.5. The maximum Gasteiger partial charge on any atom is 0.131 e. The van der Waals surface area contributed by atoms with Gasteiger partial charge in [-0.2, -0.15) is 5.26 Å². The van der Waals surface area contributed by atoms with Crippen molar-refractivity contribution in [2.24, 2.45) is 10.8 Å². The first-order chi connectivity index (χ1) is 9.89. The highest BCUT2D eigenvalue weighted by Crippen LogP contribution is 2.53. The Morgan fingerprint density at radius 1 is 1.19 bits per heavy atom. The predicted molar refractivity (Wildman–Crippen MR) is 82.5 cm³/mol. The first-order valence-electron chi connectivity index (χ1n) is 7.57. The SMILES string of the molecule is COCC(O)(c1ccccc1)C1(C#N)CCC(C)(C)CC1. The number of aliphatic hydroxyl groups is 1. The third kappa shape index (κ3) is 2.84. The molecule has 1 aliphatic carbocycles. The van der Waals surface area contributed by atoms with Crippen molar-refractivity contribution in [1.82, 2.24) is 0 Å². The molecule has 3 heteroatoms. The van der Waals surface area contributed by atoms with Crippen LogP contribution in [0.4, 0.5) is 0 Å². The van der Waals surface area contributed by atoms with Crippen molar-refractivity contribution >= 4 is 0 Å². The maximum absolute atomic E-state index is 11.4. The summed E-state index contributed by atoms with van der Waals surface area (Å²) in [7, 11) is 1.58. The van der Waals surface area contributed by atoms with E-state index in [4.69, 9.17) is 4.74 Å². The number of rotatable bonds is 4. The summed E-state index contributed by atoms with van der Waals surface area (Å²) in [6, 6.07) is 11.9. The van der Waals surface area contributed by atoms with E-state index < -0.39 is 11.0 Å². The second-order valence-electron chi connectivity index (χ2n) is 7.02. The fourth-order valence-corrected chi connectivity index (χ4v) is 3.39. The summed E-state index contributed by atoms with van der Waals surface area (Å²) in [6.45, 7) is 4.60. The molecule has 1 aliphatic rings. The molecule has 21 heavy (non-hydrogen) atoms. The fourth-order valence-electron chi connectivity index (χ4n) is 3.39. The van der Waals surface area contributed by atoms with Crippen LogP contribution < -0.4 is 0 Å². The lowest BCUT2D eigenvalue weighted by Gasteiger charge is -2.48. The van der Waals surface area contributed by atoms with Crippen LogP contribution in [0, 0.1) is 22.2 Å². The lowest BCUT2D eigenvalue weighted by Crippen LogP contribution is -2.51. The van der Waals surface area contributed by atoms with E-state index in [1.54, 1.807) is 7.11 Å². The smallest absolute Gasteiger partial charge is 0.131 e. The highest BCUT2D eigenvalue weighted by molar-refractivity contribution is 5.30. The molecule has 0 aliphatic heterocycles. The minimum atomic E-state index is -1.26. The Hall–Kier alpha value is -1.37. The van der Waals surface area contributed by atoms with Crippen LogP contribution in [0.25, 0.3) is 0 Å². The molecule has 1 saturated carbocycles. The number of ether oxygens (including phenoxy) is 1. The number of nitriles is 1. The number of hydrogen-bond donors (Lipinski definition) is 1. The van der Waals surface area contributed by atoms with E-state index in [2.05, 4.69) is 19.9 Å². The van der Waals surface area contributed by atoms with Crippen LogP contribution >= 0.6 is 0 Å². The lowest BCUT2D eigenvalue weighted by molar-refractivity contribution is -0.130. The van der Waals surface area contributed by atoms with Gasteiger partial charge in [-0.1, -0.05) is 44.2 Å². The monoisotopic (exact) mass is 287 g/mol. The van der Waals surface area contributed by atoms with E-state index in [1.807, 2.05) is 30.3 Å². The quantitative estimate of drug-likeness (QED) is 0.920. The van der Waals surface area contributed by atoms with Crippen LogP contribution in [0.5, 0.6) is 0 Å². The van der Waals surface area contributed by atoms with Crippen LogP contribution in [0.2, 0.25) is 0 Å². The molecule has 1 fully saturated rings. The van der Waals surface area contributed by atoms with Gasteiger partial charge >= 0.3 is 0 Å². The third-order valence-corrected chi connectivity index (χ3v) is 5.07. The average molecular weight is 287 g/mol. The van der Waals surface area contributed by atoms with Gasteiger partial charge in [-0.25, -0.2) is 0 Å². The summed E-state index contributed by atoms with van der Waals surface area (Å²) in [6.07, 6.45) is 3.29. The standard InChI is InChI=1S/C18H25NO2/c1-16(2)9-11-17(13-19,12-10-16)18(20,14-21-3)15-7-5-4-6-8-15/h4-8,20H,9-12,14H2,1-3H3. The number of hydrogen-bond acceptors (Lipinski definition) is 3. The Morgan fingerprint density at radius 2 is 1.76 bits per heavy atom. The lowest BCUT2D eigenvalue weighted by atomic mass is 9.57.